The van der Waals surface area contributed by atoms with Crippen LogP contribution in [0.25, 0.3) is 0 Å². The lowest BCUT2D eigenvalue weighted by Gasteiger charge is -2.16. The fourth-order valence-corrected chi connectivity index (χ4v) is 2.07. The van der Waals surface area contributed by atoms with Gasteiger partial charge in [0.05, 0.1) is 25.2 Å². The maximum absolute atomic E-state index is 10.8. The first-order valence-electron chi connectivity index (χ1n) is 6.18. The van der Waals surface area contributed by atoms with Crippen LogP contribution in [0.3, 0.4) is 0 Å². The van der Waals surface area contributed by atoms with Crippen molar-refractivity contribution in [2.45, 2.75) is 13.0 Å². The first-order valence-corrected chi connectivity index (χ1v) is 6.18. The molecule has 0 aliphatic heterocycles. The van der Waals surface area contributed by atoms with E-state index in [0.717, 1.165) is 11.8 Å². The van der Waals surface area contributed by atoms with Crippen LogP contribution >= 0.6 is 0 Å². The molecule has 0 saturated heterocycles. The van der Waals surface area contributed by atoms with E-state index in [9.17, 15) is 10.1 Å². The van der Waals surface area contributed by atoms with Gasteiger partial charge in [-0.05, 0) is 24.6 Å². The zero-order valence-electron chi connectivity index (χ0n) is 11.9. The van der Waals surface area contributed by atoms with Gasteiger partial charge in [-0.15, -0.1) is 0 Å². The van der Waals surface area contributed by atoms with Crippen molar-refractivity contribution in [2.24, 2.45) is 0 Å². The Labute approximate surface area is 121 Å². The van der Waals surface area contributed by atoms with Crippen LogP contribution < -0.4 is 15.2 Å². The molecule has 0 bridgehead atoms. The molecule has 8 heteroatoms. The average molecular weight is 292 g/mol. The molecule has 1 atom stereocenters. The summed E-state index contributed by atoms with van der Waals surface area (Å²) < 4.78 is 11.8. The van der Waals surface area contributed by atoms with Crippen molar-refractivity contribution < 1.29 is 14.4 Å². The molecule has 0 amide bonds. The van der Waals surface area contributed by atoms with Crippen LogP contribution in [0.4, 0.5) is 11.5 Å². The number of nitro groups is 1. The standard InChI is InChI=1S/C13H16N4O4/c1-8(16-13(14)10(7-15-16)17(18)19)9-4-5-11(20-2)12(6-9)21-3/h4-8H,14H2,1-3H3. The molecule has 112 valence electrons. The average Bonchev–Trinajstić information content (AvgIpc) is 2.87. The van der Waals surface area contributed by atoms with Crippen molar-refractivity contribution in [3.8, 4) is 11.5 Å². The van der Waals surface area contributed by atoms with E-state index in [1.165, 1.54) is 4.68 Å². The lowest BCUT2D eigenvalue weighted by Crippen LogP contribution is -2.12. The van der Waals surface area contributed by atoms with Gasteiger partial charge in [0, 0.05) is 0 Å². The molecule has 0 spiro atoms. The highest BCUT2D eigenvalue weighted by Gasteiger charge is 2.22. The summed E-state index contributed by atoms with van der Waals surface area (Å²) in [6, 6.07) is 5.10. The molecular weight excluding hydrogens is 276 g/mol. The molecule has 0 fully saturated rings. The second kappa shape index (κ2) is 5.70. The van der Waals surface area contributed by atoms with Crippen LogP contribution in [0.1, 0.15) is 18.5 Å². The highest BCUT2D eigenvalue weighted by molar-refractivity contribution is 5.52. The van der Waals surface area contributed by atoms with Gasteiger partial charge < -0.3 is 15.2 Å². The zero-order valence-corrected chi connectivity index (χ0v) is 11.9. The summed E-state index contributed by atoms with van der Waals surface area (Å²) in [7, 11) is 3.09. The van der Waals surface area contributed by atoms with Crippen LogP contribution in [0, 0.1) is 10.1 Å². The van der Waals surface area contributed by atoms with Crippen molar-refractivity contribution in [2.75, 3.05) is 20.0 Å². The first kappa shape index (κ1) is 14.6. The monoisotopic (exact) mass is 292 g/mol. The number of benzene rings is 1. The fourth-order valence-electron chi connectivity index (χ4n) is 2.07. The van der Waals surface area contributed by atoms with Gasteiger partial charge >= 0.3 is 5.69 Å². The summed E-state index contributed by atoms with van der Waals surface area (Å²) in [6.45, 7) is 1.84. The molecule has 0 radical (unpaired) electrons. The Bertz CT molecular complexity index is 668. The van der Waals surface area contributed by atoms with Crippen LogP contribution in [-0.2, 0) is 0 Å². The van der Waals surface area contributed by atoms with E-state index in [2.05, 4.69) is 5.10 Å². The number of anilines is 1. The minimum Gasteiger partial charge on any atom is -0.493 e. The second-order valence-electron chi connectivity index (χ2n) is 4.41. The summed E-state index contributed by atoms with van der Waals surface area (Å²) in [4.78, 5) is 10.3. The number of nitrogens with two attached hydrogens (primary N) is 1. The van der Waals surface area contributed by atoms with E-state index >= 15 is 0 Å². The SMILES string of the molecule is COc1ccc(C(C)n2ncc([N+](=O)[O-])c2N)cc1OC. The maximum atomic E-state index is 10.8. The molecule has 2 aromatic rings. The van der Waals surface area contributed by atoms with Crippen LogP contribution in [-0.4, -0.2) is 28.9 Å². The van der Waals surface area contributed by atoms with E-state index in [1.807, 2.05) is 13.0 Å². The lowest BCUT2D eigenvalue weighted by atomic mass is 10.1. The quantitative estimate of drug-likeness (QED) is 0.667. The Kier molecular flexibility index (Phi) is 3.97. The number of nitrogens with zero attached hydrogens (tertiary/aromatic N) is 3. The molecule has 1 aromatic carbocycles. The van der Waals surface area contributed by atoms with Gasteiger partial charge in [-0.1, -0.05) is 6.07 Å². The smallest absolute Gasteiger partial charge is 0.330 e. The van der Waals surface area contributed by atoms with E-state index in [-0.39, 0.29) is 17.5 Å². The largest absolute Gasteiger partial charge is 0.493 e. The molecular formula is C13H16N4O4. The van der Waals surface area contributed by atoms with E-state index in [4.69, 9.17) is 15.2 Å². The molecule has 8 nitrogen and oxygen atoms in total. The minimum atomic E-state index is -0.555. The summed E-state index contributed by atoms with van der Waals surface area (Å²) in [6.07, 6.45) is 1.15. The van der Waals surface area contributed by atoms with Crippen molar-refractivity contribution >= 4 is 11.5 Å². The zero-order chi connectivity index (χ0) is 15.6. The summed E-state index contributed by atoms with van der Waals surface area (Å²) >= 11 is 0. The number of aromatic nitrogens is 2. The molecule has 0 aliphatic rings. The fraction of sp³-hybridized carbons (Fsp3) is 0.308. The Morgan fingerprint density at radius 1 is 1.33 bits per heavy atom. The predicted molar refractivity (Wildman–Crippen MR) is 76.7 cm³/mol. The third-order valence-corrected chi connectivity index (χ3v) is 3.27. The third kappa shape index (κ3) is 2.60. The first-order chi connectivity index (χ1) is 9.99. The van der Waals surface area contributed by atoms with E-state index in [1.54, 1.807) is 26.4 Å². The molecule has 2 N–H and O–H groups in total. The van der Waals surface area contributed by atoms with Gasteiger partial charge in [0.1, 0.15) is 6.20 Å². The molecule has 1 unspecified atom stereocenters. The second-order valence-corrected chi connectivity index (χ2v) is 4.41. The number of hydrogen-bond donors (Lipinski definition) is 1. The van der Waals surface area contributed by atoms with Gasteiger partial charge in [-0.3, -0.25) is 10.1 Å². The molecule has 0 saturated carbocycles. The summed E-state index contributed by atoms with van der Waals surface area (Å²) in [5, 5.41) is 14.8. The topological polar surface area (TPSA) is 105 Å². The molecule has 2 rings (SSSR count). The Balaban J connectivity index is 2.40. The van der Waals surface area contributed by atoms with Crippen molar-refractivity contribution in [3.05, 3.63) is 40.1 Å². The number of hydrogen-bond acceptors (Lipinski definition) is 6. The van der Waals surface area contributed by atoms with Crippen LogP contribution in [0.15, 0.2) is 24.4 Å². The van der Waals surface area contributed by atoms with Gasteiger partial charge in [0.25, 0.3) is 0 Å². The Morgan fingerprint density at radius 2 is 2.00 bits per heavy atom. The van der Waals surface area contributed by atoms with Gasteiger partial charge in [0.15, 0.2) is 11.5 Å². The number of methoxy groups -OCH3 is 2. The lowest BCUT2D eigenvalue weighted by molar-refractivity contribution is -0.384. The molecule has 1 heterocycles. The van der Waals surface area contributed by atoms with Crippen molar-refractivity contribution in [1.82, 2.24) is 9.78 Å². The number of ether oxygens (including phenoxy) is 2. The highest BCUT2D eigenvalue weighted by atomic mass is 16.6. The van der Waals surface area contributed by atoms with Crippen LogP contribution in [0.2, 0.25) is 0 Å². The normalized spacial score (nSPS) is 12.0. The molecule has 0 aliphatic carbocycles. The summed E-state index contributed by atoms with van der Waals surface area (Å²) in [5.41, 5.74) is 6.41. The third-order valence-electron chi connectivity index (χ3n) is 3.27. The van der Waals surface area contributed by atoms with Crippen molar-refractivity contribution in [1.29, 1.82) is 0 Å². The Hall–Kier alpha value is -2.77. The van der Waals surface area contributed by atoms with Crippen LogP contribution in [0.5, 0.6) is 11.5 Å². The predicted octanol–water partition coefficient (Wildman–Crippen LogP) is 2.00. The molecule has 1 aromatic heterocycles. The Morgan fingerprint density at radius 3 is 2.52 bits per heavy atom. The van der Waals surface area contributed by atoms with Gasteiger partial charge in [-0.25, -0.2) is 4.68 Å². The summed E-state index contributed by atoms with van der Waals surface area (Å²) in [5.74, 6) is 1.19. The van der Waals surface area contributed by atoms with Gasteiger partial charge in [0.2, 0.25) is 5.82 Å². The van der Waals surface area contributed by atoms with Crippen molar-refractivity contribution in [3.63, 3.8) is 0 Å². The molecule has 21 heavy (non-hydrogen) atoms. The van der Waals surface area contributed by atoms with Gasteiger partial charge in [-0.2, -0.15) is 5.10 Å². The van der Waals surface area contributed by atoms with E-state index < -0.39 is 4.92 Å². The minimum absolute atomic E-state index is 0.0160. The van der Waals surface area contributed by atoms with E-state index in [0.29, 0.717) is 11.5 Å². The maximum Gasteiger partial charge on any atom is 0.330 e. The number of nitrogen functional groups attached to an aromatic ring is 1. The highest BCUT2D eigenvalue weighted by Crippen LogP contribution is 2.33. The number of rotatable bonds is 5.